The van der Waals surface area contributed by atoms with Crippen molar-refractivity contribution in [2.45, 2.75) is 26.2 Å². The van der Waals surface area contributed by atoms with Crippen molar-refractivity contribution in [2.75, 3.05) is 5.73 Å². The summed E-state index contributed by atoms with van der Waals surface area (Å²) in [6, 6.07) is 2.72. The highest BCUT2D eigenvalue weighted by Gasteiger charge is 2.29. The molecule has 0 bridgehead atoms. The summed E-state index contributed by atoms with van der Waals surface area (Å²) in [6.07, 6.45) is 4.71. The number of amides is 1. The number of carbonyl (C=O) groups excluding carboxylic acids is 1. The summed E-state index contributed by atoms with van der Waals surface area (Å²) in [5.74, 6) is -0.376. The number of anilines is 1. The maximum atomic E-state index is 12.0. The third-order valence-corrected chi connectivity index (χ3v) is 5.82. The van der Waals surface area contributed by atoms with Crippen molar-refractivity contribution >= 4 is 34.9 Å². The molecule has 5 N–H and O–H groups in total. The van der Waals surface area contributed by atoms with Crippen molar-refractivity contribution in [3.63, 3.8) is 0 Å². The second-order valence-electron chi connectivity index (χ2n) is 7.31. The van der Waals surface area contributed by atoms with E-state index in [0.29, 0.717) is 11.5 Å². The minimum Gasteiger partial charge on any atom is -0.455 e. The van der Waals surface area contributed by atoms with Gasteiger partial charge in [-0.1, -0.05) is 43.1 Å². The molecule has 0 aliphatic heterocycles. The Kier molecular flexibility index (Phi) is 6.56. The summed E-state index contributed by atoms with van der Waals surface area (Å²) in [4.78, 5) is 37.4. The number of nitrogens with zero attached hydrogens (tertiary/aromatic N) is 2. The minimum atomic E-state index is -0.816. The number of aromatic nitrogens is 3. The number of hydrogen-bond acceptors (Lipinski definition) is 6. The highest BCUT2D eigenvalue weighted by molar-refractivity contribution is 6.37. The molecule has 1 aliphatic carbocycles. The lowest BCUT2D eigenvalue weighted by Crippen LogP contribution is -2.33. The summed E-state index contributed by atoms with van der Waals surface area (Å²) >= 11 is 12.6. The van der Waals surface area contributed by atoms with E-state index in [4.69, 9.17) is 39.4 Å². The molecule has 1 amide bonds. The van der Waals surface area contributed by atoms with Crippen molar-refractivity contribution in [2.24, 2.45) is 17.6 Å². The third kappa shape index (κ3) is 4.83. The minimum absolute atomic E-state index is 0.0245. The van der Waals surface area contributed by atoms with Crippen LogP contribution < -0.4 is 27.5 Å². The van der Waals surface area contributed by atoms with Gasteiger partial charge in [0, 0.05) is 5.57 Å². The quantitative estimate of drug-likeness (QED) is 0.325. The fourth-order valence-electron chi connectivity index (χ4n) is 3.31. The molecule has 0 spiro atoms. The van der Waals surface area contributed by atoms with Gasteiger partial charge in [-0.3, -0.25) is 14.6 Å². The highest BCUT2D eigenvalue weighted by atomic mass is 35.5. The van der Waals surface area contributed by atoms with Crippen molar-refractivity contribution in [1.82, 2.24) is 14.8 Å². The molecule has 11 heteroatoms. The van der Waals surface area contributed by atoms with E-state index in [1.807, 2.05) is 11.9 Å². The van der Waals surface area contributed by atoms with Crippen LogP contribution in [0.4, 0.5) is 5.82 Å². The molecule has 1 heterocycles. The lowest BCUT2D eigenvalue weighted by Gasteiger charge is -2.32. The first kappa shape index (κ1) is 22.6. The van der Waals surface area contributed by atoms with Crippen molar-refractivity contribution < 1.29 is 9.53 Å². The molecule has 2 aromatic rings. The molecule has 0 saturated heterocycles. The van der Waals surface area contributed by atoms with Crippen LogP contribution in [-0.2, 0) is 4.79 Å². The molecule has 3 rings (SSSR count). The number of halogens is 2. The number of carbonyl (C=O) groups is 1. The first-order valence-electron chi connectivity index (χ1n) is 9.45. The van der Waals surface area contributed by atoms with E-state index >= 15 is 0 Å². The van der Waals surface area contributed by atoms with E-state index in [9.17, 15) is 14.4 Å². The van der Waals surface area contributed by atoms with Crippen LogP contribution in [0.1, 0.15) is 26.2 Å². The maximum Gasteiger partial charge on any atom is 0.349 e. The topological polar surface area (TPSA) is 146 Å². The van der Waals surface area contributed by atoms with Crippen LogP contribution in [0, 0.1) is 11.8 Å². The van der Waals surface area contributed by atoms with Crippen LogP contribution >= 0.6 is 23.2 Å². The number of hydrogen-bond donors (Lipinski definition) is 3. The number of nitrogen functional groups attached to an aromatic ring is 1. The molecule has 0 radical (unpaired) electrons. The van der Waals surface area contributed by atoms with Crippen LogP contribution in [0.3, 0.4) is 0 Å². The average Bonchev–Trinajstić information content (AvgIpc) is 2.63. The summed E-state index contributed by atoms with van der Waals surface area (Å²) in [6.45, 7) is 5.76. The zero-order chi connectivity index (χ0) is 22.9. The van der Waals surface area contributed by atoms with Crippen LogP contribution in [0.15, 0.2) is 45.7 Å². The van der Waals surface area contributed by atoms with Crippen LogP contribution in [-0.4, -0.2) is 20.7 Å². The summed E-state index contributed by atoms with van der Waals surface area (Å²) in [5, 5.41) is 3.81. The number of ether oxygens (including phenoxy) is 1. The number of primary amides is 1. The molecule has 1 atom stereocenters. The third-order valence-electron chi connectivity index (χ3n) is 5.26. The van der Waals surface area contributed by atoms with Gasteiger partial charge in [0.25, 0.3) is 5.56 Å². The molecule has 1 saturated carbocycles. The lowest BCUT2D eigenvalue weighted by molar-refractivity contribution is -0.115. The largest absolute Gasteiger partial charge is 0.455 e. The molecule has 9 nitrogen and oxygen atoms in total. The normalized spacial score (nSPS) is 15.3. The molecular weight excluding hydrogens is 445 g/mol. The fraction of sp³-hybridized carbons (Fsp3) is 0.300. The molecule has 0 unspecified atom stereocenters. The van der Waals surface area contributed by atoms with Gasteiger partial charge < -0.3 is 16.2 Å². The number of rotatable bonds is 7. The number of H-pyrrole nitrogens is 1. The fourth-order valence-corrected chi connectivity index (χ4v) is 3.86. The smallest absolute Gasteiger partial charge is 0.349 e. The highest BCUT2D eigenvalue weighted by Crippen LogP contribution is 2.38. The molecular formula is C20H21Cl2N5O4. The Hall–Kier alpha value is -3.04. The standard InChI is InChI=1S/C20H21Cl2N5O4/c1-9(6-13(18(24)28)10(2)11-4-3-5-11)31-16-14(21)7-12(8-15(16)22)27-20(30)25-19(29)17(23)26-27/h6-8,10-11H,1,3-5H2,2H3,(H2,23,26)(H2,24,28)(H,25,29,30)/b13-6-/t10-/m0/s1. The van der Waals surface area contributed by atoms with Gasteiger partial charge in [-0.25, -0.2) is 4.79 Å². The Morgan fingerprint density at radius 3 is 2.48 bits per heavy atom. The van der Waals surface area contributed by atoms with E-state index < -0.39 is 23.0 Å². The van der Waals surface area contributed by atoms with Gasteiger partial charge in [0.2, 0.25) is 11.7 Å². The number of nitrogens with one attached hydrogen (secondary N) is 1. The first-order valence-corrected chi connectivity index (χ1v) is 10.2. The monoisotopic (exact) mass is 465 g/mol. The Labute approximate surface area is 187 Å². The summed E-state index contributed by atoms with van der Waals surface area (Å²) in [5.41, 5.74) is 9.97. The van der Waals surface area contributed by atoms with E-state index in [1.165, 1.54) is 18.2 Å². The average molecular weight is 466 g/mol. The van der Waals surface area contributed by atoms with E-state index in [-0.39, 0.29) is 33.2 Å². The van der Waals surface area contributed by atoms with Crippen LogP contribution in [0.5, 0.6) is 5.75 Å². The van der Waals surface area contributed by atoms with Gasteiger partial charge in [-0.05, 0) is 42.9 Å². The Morgan fingerprint density at radius 2 is 1.97 bits per heavy atom. The number of benzene rings is 1. The molecule has 1 fully saturated rings. The lowest BCUT2D eigenvalue weighted by atomic mass is 9.73. The van der Waals surface area contributed by atoms with Crippen molar-refractivity contribution in [3.8, 4) is 11.4 Å². The Morgan fingerprint density at radius 1 is 1.35 bits per heavy atom. The zero-order valence-corrected chi connectivity index (χ0v) is 18.2. The van der Waals surface area contributed by atoms with Crippen molar-refractivity contribution in [3.05, 3.63) is 67.0 Å². The second-order valence-corrected chi connectivity index (χ2v) is 8.12. The van der Waals surface area contributed by atoms with Gasteiger partial charge in [-0.15, -0.1) is 5.10 Å². The Bertz CT molecular complexity index is 1170. The summed E-state index contributed by atoms with van der Waals surface area (Å²) < 4.78 is 6.52. The van der Waals surface area contributed by atoms with E-state index in [1.54, 1.807) is 0 Å². The first-order chi connectivity index (χ1) is 14.6. The SMILES string of the molecule is C=C(/C=C(\C(N)=O)[C@@H](C)C1CCC1)Oc1c(Cl)cc(-n2nc(N)c(=O)[nH]c2=O)cc1Cl. The van der Waals surface area contributed by atoms with Crippen LogP contribution in [0.2, 0.25) is 10.0 Å². The molecule has 1 aromatic carbocycles. The predicted octanol–water partition coefficient (Wildman–Crippen LogP) is 2.55. The number of allylic oxidation sites excluding steroid dienone is 1. The van der Waals surface area contributed by atoms with Gasteiger partial charge in [-0.2, -0.15) is 4.68 Å². The van der Waals surface area contributed by atoms with Gasteiger partial charge in [0.05, 0.1) is 15.7 Å². The molecule has 1 aromatic heterocycles. The van der Waals surface area contributed by atoms with Crippen LogP contribution in [0.25, 0.3) is 5.69 Å². The van der Waals surface area contributed by atoms with Gasteiger partial charge in [0.15, 0.2) is 5.75 Å². The molecule has 1 aliphatic rings. The van der Waals surface area contributed by atoms with Crippen molar-refractivity contribution in [1.29, 1.82) is 0 Å². The van der Waals surface area contributed by atoms with E-state index in [0.717, 1.165) is 23.9 Å². The number of aromatic amines is 1. The number of nitrogens with two attached hydrogens (primary N) is 2. The van der Waals surface area contributed by atoms with E-state index in [2.05, 4.69) is 11.7 Å². The molecule has 164 valence electrons. The van der Waals surface area contributed by atoms with Gasteiger partial charge >= 0.3 is 5.69 Å². The molecule has 31 heavy (non-hydrogen) atoms. The maximum absolute atomic E-state index is 12.0. The predicted molar refractivity (Wildman–Crippen MR) is 118 cm³/mol. The zero-order valence-electron chi connectivity index (χ0n) is 16.7. The Balaban J connectivity index is 1.89. The van der Waals surface area contributed by atoms with Gasteiger partial charge in [0.1, 0.15) is 5.76 Å². The summed E-state index contributed by atoms with van der Waals surface area (Å²) in [7, 11) is 0. The second kappa shape index (κ2) is 8.99.